The lowest BCUT2D eigenvalue weighted by molar-refractivity contribution is -0.120. The Bertz CT molecular complexity index is 492. The molecule has 2 aromatic heterocycles. The van der Waals surface area contributed by atoms with Gasteiger partial charge in [-0.25, -0.2) is 0 Å². The lowest BCUT2D eigenvalue weighted by Crippen LogP contribution is -2.35. The second-order valence-electron chi connectivity index (χ2n) is 4.65. The summed E-state index contributed by atoms with van der Waals surface area (Å²) in [6, 6.07) is 4.34. The Hall–Kier alpha value is -1.17. The van der Waals surface area contributed by atoms with Gasteiger partial charge in [0, 0.05) is 6.54 Å². The summed E-state index contributed by atoms with van der Waals surface area (Å²) in [6.07, 6.45) is 0.466. The third-order valence-corrected chi connectivity index (χ3v) is 4.42. The summed E-state index contributed by atoms with van der Waals surface area (Å²) < 4.78 is 0. The molecule has 102 valence electrons. The molecule has 0 aromatic carbocycles. The summed E-state index contributed by atoms with van der Waals surface area (Å²) in [4.78, 5) is 14.0. The molecule has 0 saturated carbocycles. The molecule has 0 spiro atoms. The van der Waals surface area contributed by atoms with Crippen LogP contribution < -0.4 is 5.32 Å². The van der Waals surface area contributed by atoms with Gasteiger partial charge in [0.1, 0.15) is 0 Å². The number of likely N-dealkylation sites (N-methyl/N-ethyl adjacent to an activating group) is 1. The van der Waals surface area contributed by atoms with Crippen LogP contribution in [0.4, 0.5) is 0 Å². The van der Waals surface area contributed by atoms with E-state index in [9.17, 15) is 4.79 Å². The second kappa shape index (κ2) is 6.84. The van der Waals surface area contributed by atoms with Crippen molar-refractivity contribution in [2.24, 2.45) is 0 Å². The maximum absolute atomic E-state index is 11.9. The molecule has 0 bridgehead atoms. The summed E-state index contributed by atoms with van der Waals surface area (Å²) in [5, 5.41) is 11.2. The van der Waals surface area contributed by atoms with E-state index in [1.807, 2.05) is 30.9 Å². The van der Waals surface area contributed by atoms with E-state index < -0.39 is 0 Å². The van der Waals surface area contributed by atoms with Crippen LogP contribution in [0.1, 0.15) is 17.2 Å². The smallest absolute Gasteiger partial charge is 0.224 e. The van der Waals surface area contributed by atoms with Crippen molar-refractivity contribution in [3.05, 3.63) is 44.8 Å². The normalized spacial score (nSPS) is 12.6. The van der Waals surface area contributed by atoms with Crippen molar-refractivity contribution >= 4 is 28.6 Å². The van der Waals surface area contributed by atoms with Crippen LogP contribution in [0.2, 0.25) is 0 Å². The molecular formula is C14H18N2OS2. The van der Waals surface area contributed by atoms with E-state index in [0.29, 0.717) is 13.0 Å². The van der Waals surface area contributed by atoms with Gasteiger partial charge in [-0.1, -0.05) is 0 Å². The maximum atomic E-state index is 11.9. The first-order chi connectivity index (χ1) is 9.16. The lowest BCUT2D eigenvalue weighted by Gasteiger charge is -2.24. The number of rotatable bonds is 6. The number of amides is 1. The minimum atomic E-state index is 0.0838. The van der Waals surface area contributed by atoms with Crippen molar-refractivity contribution in [1.82, 2.24) is 10.2 Å². The molecule has 5 heteroatoms. The van der Waals surface area contributed by atoms with Crippen molar-refractivity contribution in [2.45, 2.75) is 12.5 Å². The van der Waals surface area contributed by atoms with Crippen LogP contribution in [0, 0.1) is 0 Å². The van der Waals surface area contributed by atoms with Gasteiger partial charge in [0.05, 0.1) is 12.5 Å². The topological polar surface area (TPSA) is 32.3 Å². The first-order valence-electron chi connectivity index (χ1n) is 6.13. The number of nitrogens with zero attached hydrogens (tertiary/aromatic N) is 1. The van der Waals surface area contributed by atoms with Crippen molar-refractivity contribution in [3.8, 4) is 0 Å². The SMILES string of the molecule is CN(C)[C@H](CNC(=O)Cc1ccsc1)c1ccsc1. The van der Waals surface area contributed by atoms with Gasteiger partial charge < -0.3 is 10.2 Å². The average Bonchev–Trinajstić information content (AvgIpc) is 3.01. The number of carbonyl (C=O) groups is 1. The Morgan fingerprint density at radius 2 is 2.00 bits per heavy atom. The van der Waals surface area contributed by atoms with E-state index in [4.69, 9.17) is 0 Å². The van der Waals surface area contributed by atoms with Gasteiger partial charge >= 0.3 is 0 Å². The molecule has 0 aliphatic rings. The highest BCUT2D eigenvalue weighted by molar-refractivity contribution is 7.08. The zero-order chi connectivity index (χ0) is 13.7. The van der Waals surface area contributed by atoms with E-state index in [-0.39, 0.29) is 11.9 Å². The predicted octanol–water partition coefficient (Wildman–Crippen LogP) is 2.77. The molecule has 0 saturated heterocycles. The van der Waals surface area contributed by atoms with Crippen LogP contribution in [0.3, 0.4) is 0 Å². The molecule has 0 fully saturated rings. The molecule has 2 heterocycles. The van der Waals surface area contributed by atoms with Gasteiger partial charge in [-0.3, -0.25) is 4.79 Å². The molecule has 1 N–H and O–H groups in total. The van der Waals surface area contributed by atoms with Crippen LogP contribution in [0.15, 0.2) is 33.7 Å². The first kappa shape index (κ1) is 14.2. The third kappa shape index (κ3) is 4.16. The summed E-state index contributed by atoms with van der Waals surface area (Å²) in [6.45, 7) is 0.646. The average molecular weight is 294 g/mol. The molecule has 2 rings (SSSR count). The van der Waals surface area contributed by atoms with Crippen molar-refractivity contribution in [2.75, 3.05) is 20.6 Å². The van der Waals surface area contributed by atoms with Crippen LogP contribution in [0.25, 0.3) is 0 Å². The lowest BCUT2D eigenvalue weighted by atomic mass is 10.1. The number of thiophene rings is 2. The molecule has 2 aromatic rings. The summed E-state index contributed by atoms with van der Waals surface area (Å²) >= 11 is 3.31. The van der Waals surface area contributed by atoms with Crippen molar-refractivity contribution < 1.29 is 4.79 Å². The van der Waals surface area contributed by atoms with Crippen molar-refractivity contribution in [3.63, 3.8) is 0 Å². The first-order valence-corrected chi connectivity index (χ1v) is 8.01. The second-order valence-corrected chi connectivity index (χ2v) is 6.21. The quantitative estimate of drug-likeness (QED) is 0.888. The molecule has 0 aliphatic heterocycles. The number of hydrogen-bond donors (Lipinski definition) is 1. The van der Waals surface area contributed by atoms with Crippen molar-refractivity contribution in [1.29, 1.82) is 0 Å². The Morgan fingerprint density at radius 3 is 2.58 bits per heavy atom. The van der Waals surface area contributed by atoms with Gasteiger partial charge in [0.2, 0.25) is 5.91 Å². The predicted molar refractivity (Wildman–Crippen MR) is 81.8 cm³/mol. The molecule has 3 nitrogen and oxygen atoms in total. The summed E-state index contributed by atoms with van der Waals surface area (Å²) in [5.41, 5.74) is 2.34. The molecule has 19 heavy (non-hydrogen) atoms. The van der Waals surface area contributed by atoms with Crippen LogP contribution >= 0.6 is 22.7 Å². The van der Waals surface area contributed by atoms with E-state index in [2.05, 4.69) is 27.0 Å². The number of nitrogens with one attached hydrogen (secondary N) is 1. The number of hydrogen-bond acceptors (Lipinski definition) is 4. The third-order valence-electron chi connectivity index (χ3n) is 2.99. The minimum absolute atomic E-state index is 0.0838. The highest BCUT2D eigenvalue weighted by Gasteiger charge is 2.15. The van der Waals surface area contributed by atoms with Gasteiger partial charge in [-0.05, 0) is 58.9 Å². The Kier molecular flexibility index (Phi) is 5.13. The monoisotopic (exact) mass is 294 g/mol. The molecule has 0 radical (unpaired) electrons. The maximum Gasteiger partial charge on any atom is 0.224 e. The standard InChI is InChI=1S/C14H18N2OS2/c1-16(2)13(12-4-6-19-10-12)8-15-14(17)7-11-3-5-18-9-11/h3-6,9-10,13H,7-8H2,1-2H3,(H,15,17)/t13-/m1/s1. The van der Waals surface area contributed by atoms with E-state index >= 15 is 0 Å². The molecule has 1 atom stereocenters. The van der Waals surface area contributed by atoms with E-state index in [1.54, 1.807) is 22.7 Å². The Balaban J connectivity index is 1.87. The van der Waals surface area contributed by atoms with Gasteiger partial charge in [0.15, 0.2) is 0 Å². The molecule has 1 amide bonds. The molecule has 0 aliphatic carbocycles. The largest absolute Gasteiger partial charge is 0.354 e. The zero-order valence-electron chi connectivity index (χ0n) is 11.1. The van der Waals surface area contributed by atoms with Crippen LogP contribution in [-0.4, -0.2) is 31.4 Å². The minimum Gasteiger partial charge on any atom is -0.354 e. The summed E-state index contributed by atoms with van der Waals surface area (Å²) in [5.74, 6) is 0.0838. The fourth-order valence-corrected chi connectivity index (χ4v) is 3.29. The number of carbonyl (C=O) groups excluding carboxylic acids is 1. The fourth-order valence-electron chi connectivity index (χ4n) is 1.91. The van der Waals surface area contributed by atoms with Crippen LogP contribution in [0.5, 0.6) is 0 Å². The van der Waals surface area contributed by atoms with Gasteiger partial charge in [-0.15, -0.1) is 0 Å². The van der Waals surface area contributed by atoms with Gasteiger partial charge in [0.25, 0.3) is 0 Å². The zero-order valence-corrected chi connectivity index (χ0v) is 12.8. The van der Waals surface area contributed by atoms with Gasteiger partial charge in [-0.2, -0.15) is 22.7 Å². The highest BCUT2D eigenvalue weighted by atomic mass is 32.1. The van der Waals surface area contributed by atoms with E-state index in [1.165, 1.54) is 5.56 Å². The summed E-state index contributed by atoms with van der Waals surface area (Å²) in [7, 11) is 4.07. The Morgan fingerprint density at radius 1 is 1.26 bits per heavy atom. The molecule has 0 unspecified atom stereocenters. The Labute approximate surface area is 121 Å². The van der Waals surface area contributed by atoms with Crippen LogP contribution in [-0.2, 0) is 11.2 Å². The van der Waals surface area contributed by atoms with E-state index in [0.717, 1.165) is 5.56 Å². The highest BCUT2D eigenvalue weighted by Crippen LogP contribution is 2.20. The molecular weight excluding hydrogens is 276 g/mol. The fraction of sp³-hybridized carbons (Fsp3) is 0.357.